The average molecular weight is 380 g/mol. The second kappa shape index (κ2) is 7.99. The zero-order valence-corrected chi connectivity index (χ0v) is 14.5. The quantitative estimate of drug-likeness (QED) is 0.809. The molecular formula is C17H18BrNO4. The van der Waals surface area contributed by atoms with Gasteiger partial charge in [-0.3, -0.25) is 4.79 Å². The molecular weight excluding hydrogens is 362 g/mol. The van der Waals surface area contributed by atoms with Crippen molar-refractivity contribution in [2.75, 3.05) is 20.8 Å². The normalized spacial score (nSPS) is 11.7. The number of carbonyl (C=O) groups is 1. The molecule has 23 heavy (non-hydrogen) atoms. The van der Waals surface area contributed by atoms with E-state index in [9.17, 15) is 9.90 Å². The van der Waals surface area contributed by atoms with E-state index < -0.39 is 6.10 Å². The van der Waals surface area contributed by atoms with Crippen LogP contribution in [0.5, 0.6) is 11.5 Å². The van der Waals surface area contributed by atoms with Gasteiger partial charge in [-0.25, -0.2) is 0 Å². The highest BCUT2D eigenvalue weighted by Gasteiger charge is 2.14. The number of aliphatic hydroxyl groups excluding tert-OH is 1. The first kappa shape index (κ1) is 17.3. The lowest BCUT2D eigenvalue weighted by molar-refractivity contribution is 0.0915. The molecule has 2 rings (SSSR count). The van der Waals surface area contributed by atoms with Crippen LogP contribution in [0.3, 0.4) is 0 Å². The van der Waals surface area contributed by atoms with E-state index in [0.29, 0.717) is 27.1 Å². The minimum atomic E-state index is -0.846. The number of nitrogens with one attached hydrogen (secondary N) is 1. The summed E-state index contributed by atoms with van der Waals surface area (Å²) in [5, 5.41) is 13.0. The van der Waals surface area contributed by atoms with Crippen LogP contribution in [0, 0.1) is 0 Å². The number of benzene rings is 2. The molecule has 2 aromatic rings. The summed E-state index contributed by atoms with van der Waals surface area (Å²) in [4.78, 5) is 12.1. The Morgan fingerprint density at radius 2 is 1.87 bits per heavy atom. The van der Waals surface area contributed by atoms with Gasteiger partial charge in [-0.1, -0.05) is 18.2 Å². The number of hydrogen-bond donors (Lipinski definition) is 2. The molecule has 0 fully saturated rings. The SMILES string of the molecule is COc1ccc(C(O)CNC(=O)c2ccccc2Br)cc1OC. The van der Waals surface area contributed by atoms with Gasteiger partial charge in [0.05, 0.1) is 25.9 Å². The van der Waals surface area contributed by atoms with E-state index >= 15 is 0 Å². The maximum atomic E-state index is 12.1. The van der Waals surface area contributed by atoms with Crippen molar-refractivity contribution in [1.29, 1.82) is 0 Å². The predicted molar refractivity (Wildman–Crippen MR) is 91.0 cm³/mol. The van der Waals surface area contributed by atoms with E-state index in [1.807, 2.05) is 6.07 Å². The van der Waals surface area contributed by atoms with Gasteiger partial charge in [0, 0.05) is 11.0 Å². The van der Waals surface area contributed by atoms with Crippen molar-refractivity contribution >= 4 is 21.8 Å². The number of hydrogen-bond acceptors (Lipinski definition) is 4. The molecule has 0 aliphatic heterocycles. The van der Waals surface area contributed by atoms with Gasteiger partial charge >= 0.3 is 0 Å². The highest BCUT2D eigenvalue weighted by atomic mass is 79.9. The van der Waals surface area contributed by atoms with Gasteiger partial charge < -0.3 is 19.9 Å². The van der Waals surface area contributed by atoms with Crippen molar-refractivity contribution in [3.05, 3.63) is 58.1 Å². The standard InChI is InChI=1S/C17H18BrNO4/c1-22-15-8-7-11(9-16(15)23-2)14(20)10-19-17(21)12-5-3-4-6-13(12)18/h3-9,14,20H,10H2,1-2H3,(H,19,21). The number of methoxy groups -OCH3 is 2. The van der Waals surface area contributed by atoms with E-state index in [-0.39, 0.29) is 12.5 Å². The van der Waals surface area contributed by atoms with Crippen LogP contribution in [0.15, 0.2) is 46.9 Å². The Bertz CT molecular complexity index is 690. The Balaban J connectivity index is 2.03. The summed E-state index contributed by atoms with van der Waals surface area (Å²) < 4.78 is 11.1. The Morgan fingerprint density at radius 1 is 1.17 bits per heavy atom. The summed E-state index contributed by atoms with van der Waals surface area (Å²) in [5.74, 6) is 0.860. The van der Waals surface area contributed by atoms with Crippen LogP contribution in [0.25, 0.3) is 0 Å². The van der Waals surface area contributed by atoms with E-state index in [1.165, 1.54) is 7.11 Å². The Kier molecular flexibility index (Phi) is 6.01. The van der Waals surface area contributed by atoms with E-state index in [2.05, 4.69) is 21.2 Å². The highest BCUT2D eigenvalue weighted by Crippen LogP contribution is 2.29. The number of aliphatic hydroxyl groups is 1. The first-order valence-electron chi connectivity index (χ1n) is 6.99. The molecule has 0 heterocycles. The van der Waals surface area contributed by atoms with Crippen molar-refractivity contribution in [1.82, 2.24) is 5.32 Å². The fourth-order valence-corrected chi connectivity index (χ4v) is 2.57. The van der Waals surface area contributed by atoms with Gasteiger partial charge in [-0.15, -0.1) is 0 Å². The molecule has 0 bridgehead atoms. The molecule has 0 radical (unpaired) electrons. The van der Waals surface area contributed by atoms with Crippen LogP contribution in [0.1, 0.15) is 22.0 Å². The van der Waals surface area contributed by atoms with Crippen LogP contribution >= 0.6 is 15.9 Å². The molecule has 1 amide bonds. The second-order valence-corrected chi connectivity index (χ2v) is 5.67. The maximum absolute atomic E-state index is 12.1. The molecule has 0 spiro atoms. The van der Waals surface area contributed by atoms with Crippen LogP contribution in [-0.2, 0) is 0 Å². The summed E-state index contributed by atoms with van der Waals surface area (Å²) in [6.07, 6.45) is -0.846. The van der Waals surface area contributed by atoms with Crippen molar-refractivity contribution in [2.45, 2.75) is 6.10 Å². The molecule has 2 N–H and O–H groups in total. The van der Waals surface area contributed by atoms with Crippen LogP contribution in [0.4, 0.5) is 0 Å². The summed E-state index contributed by atoms with van der Waals surface area (Å²) in [6, 6.07) is 12.3. The van der Waals surface area contributed by atoms with Gasteiger partial charge in [0.15, 0.2) is 11.5 Å². The topological polar surface area (TPSA) is 67.8 Å². The van der Waals surface area contributed by atoms with Crippen molar-refractivity contribution in [3.63, 3.8) is 0 Å². The van der Waals surface area contributed by atoms with Crippen LogP contribution in [-0.4, -0.2) is 31.8 Å². The number of ether oxygens (including phenoxy) is 2. The lowest BCUT2D eigenvalue weighted by Gasteiger charge is -2.15. The number of rotatable bonds is 6. The Labute approximate surface area is 143 Å². The van der Waals surface area contributed by atoms with Gasteiger partial charge in [0.2, 0.25) is 0 Å². The number of carbonyl (C=O) groups excluding carboxylic acids is 1. The van der Waals surface area contributed by atoms with E-state index in [4.69, 9.17) is 9.47 Å². The average Bonchev–Trinajstić information content (AvgIpc) is 2.59. The smallest absolute Gasteiger partial charge is 0.252 e. The first-order valence-corrected chi connectivity index (χ1v) is 7.78. The van der Waals surface area contributed by atoms with Gasteiger partial charge in [0.25, 0.3) is 5.91 Å². The van der Waals surface area contributed by atoms with Crippen LogP contribution in [0.2, 0.25) is 0 Å². The molecule has 1 unspecified atom stereocenters. The molecule has 122 valence electrons. The minimum absolute atomic E-state index is 0.0929. The van der Waals surface area contributed by atoms with Crippen molar-refractivity contribution in [3.8, 4) is 11.5 Å². The zero-order valence-electron chi connectivity index (χ0n) is 12.9. The molecule has 0 saturated carbocycles. The monoisotopic (exact) mass is 379 g/mol. The van der Waals surface area contributed by atoms with Gasteiger partial charge in [-0.05, 0) is 45.8 Å². The van der Waals surface area contributed by atoms with E-state index in [0.717, 1.165) is 0 Å². The molecule has 0 aliphatic carbocycles. The third-order valence-electron chi connectivity index (χ3n) is 3.37. The molecule has 0 aromatic heterocycles. The Morgan fingerprint density at radius 3 is 2.52 bits per heavy atom. The van der Waals surface area contributed by atoms with Crippen molar-refractivity contribution < 1.29 is 19.4 Å². The Hall–Kier alpha value is -2.05. The summed E-state index contributed by atoms with van der Waals surface area (Å²) >= 11 is 3.33. The first-order chi connectivity index (χ1) is 11.1. The van der Waals surface area contributed by atoms with Crippen LogP contribution < -0.4 is 14.8 Å². The third-order valence-corrected chi connectivity index (χ3v) is 4.06. The number of amides is 1. The van der Waals surface area contributed by atoms with Crippen molar-refractivity contribution in [2.24, 2.45) is 0 Å². The zero-order chi connectivity index (χ0) is 16.8. The summed E-state index contributed by atoms with van der Waals surface area (Å²) in [6.45, 7) is 0.0929. The summed E-state index contributed by atoms with van der Waals surface area (Å²) in [7, 11) is 3.08. The van der Waals surface area contributed by atoms with E-state index in [1.54, 1.807) is 43.5 Å². The molecule has 2 aromatic carbocycles. The molecule has 5 nitrogen and oxygen atoms in total. The predicted octanol–water partition coefficient (Wildman–Crippen LogP) is 2.93. The molecule has 0 saturated heterocycles. The lowest BCUT2D eigenvalue weighted by atomic mass is 10.1. The van der Waals surface area contributed by atoms with Gasteiger partial charge in [-0.2, -0.15) is 0 Å². The lowest BCUT2D eigenvalue weighted by Crippen LogP contribution is -2.28. The molecule has 0 aliphatic rings. The van der Waals surface area contributed by atoms with Gasteiger partial charge in [0.1, 0.15) is 0 Å². The second-order valence-electron chi connectivity index (χ2n) is 4.82. The minimum Gasteiger partial charge on any atom is -0.493 e. The maximum Gasteiger partial charge on any atom is 0.252 e. The largest absolute Gasteiger partial charge is 0.493 e. The highest BCUT2D eigenvalue weighted by molar-refractivity contribution is 9.10. The summed E-state index contributed by atoms with van der Waals surface area (Å²) in [5.41, 5.74) is 1.15. The molecule has 1 atom stereocenters. The fourth-order valence-electron chi connectivity index (χ4n) is 2.11. The third kappa shape index (κ3) is 4.24. The molecule has 6 heteroatoms. The number of halogens is 1. The fraction of sp³-hybridized carbons (Fsp3) is 0.235.